The second kappa shape index (κ2) is 3.84. The molecule has 0 aromatic carbocycles. The van der Waals surface area contributed by atoms with Gasteiger partial charge in [0, 0.05) is 7.05 Å². The third kappa shape index (κ3) is 2.40. The van der Waals surface area contributed by atoms with Gasteiger partial charge in [-0.2, -0.15) is 5.10 Å². The molecule has 5 nitrogen and oxygen atoms in total. The maximum atomic E-state index is 10.9. The summed E-state index contributed by atoms with van der Waals surface area (Å²) in [5.74, 6) is 0.461. The van der Waals surface area contributed by atoms with Crippen LogP contribution in [0.2, 0.25) is 0 Å². The summed E-state index contributed by atoms with van der Waals surface area (Å²) in [5, 5.41) is 12.6. The van der Waals surface area contributed by atoms with Crippen molar-refractivity contribution in [1.29, 1.82) is 0 Å². The number of nitrogens with one attached hydrogen (secondary N) is 2. The summed E-state index contributed by atoms with van der Waals surface area (Å²) >= 11 is 0. The van der Waals surface area contributed by atoms with Crippen LogP contribution in [0.3, 0.4) is 0 Å². The molecule has 5 heteroatoms. The third-order valence-corrected chi connectivity index (χ3v) is 1.70. The molecule has 13 heavy (non-hydrogen) atoms. The van der Waals surface area contributed by atoms with E-state index in [4.69, 9.17) is 0 Å². The van der Waals surface area contributed by atoms with Crippen molar-refractivity contribution >= 4 is 11.8 Å². The minimum Gasteiger partial charge on any atom is -0.341 e. The fraction of sp³-hybridized carbons (Fsp3) is 0.375. The van der Waals surface area contributed by atoms with Gasteiger partial charge in [-0.15, -0.1) is 5.10 Å². The molecule has 0 spiro atoms. The average molecular weight is 180 g/mol. The zero-order chi connectivity index (χ0) is 9.84. The first-order valence-electron chi connectivity index (χ1n) is 3.93. The number of carbonyl (C=O) groups is 1. The molecular weight excluding hydrogens is 168 g/mol. The molecule has 0 aliphatic carbocycles. The fourth-order valence-electron chi connectivity index (χ4n) is 0.786. The van der Waals surface area contributed by atoms with E-state index >= 15 is 0 Å². The van der Waals surface area contributed by atoms with Crippen LogP contribution >= 0.6 is 0 Å². The van der Waals surface area contributed by atoms with Gasteiger partial charge in [0.05, 0.1) is 5.69 Å². The number of nitrogens with zero attached hydrogens (tertiary/aromatic N) is 2. The molecule has 0 saturated heterocycles. The van der Waals surface area contributed by atoms with E-state index in [2.05, 4.69) is 20.8 Å². The molecule has 1 rings (SSSR count). The molecule has 0 radical (unpaired) electrons. The number of aromatic nitrogens is 2. The average Bonchev–Trinajstić information content (AvgIpc) is 2.11. The molecule has 0 atom stereocenters. The Hall–Kier alpha value is -1.65. The lowest BCUT2D eigenvalue weighted by Gasteiger charge is -2.04. The van der Waals surface area contributed by atoms with Gasteiger partial charge in [-0.05, 0) is 25.5 Å². The summed E-state index contributed by atoms with van der Waals surface area (Å²) in [6, 6.07) is 1.48. The van der Waals surface area contributed by atoms with Gasteiger partial charge in [0.25, 0.3) is 0 Å². The number of anilines is 1. The molecule has 0 unspecified atom stereocenters. The normalized spacial score (nSPS) is 9.46. The first-order valence-corrected chi connectivity index (χ1v) is 3.93. The Kier molecular flexibility index (Phi) is 2.79. The highest BCUT2D eigenvalue weighted by molar-refractivity contribution is 5.87. The quantitative estimate of drug-likeness (QED) is 0.673. The zero-order valence-corrected chi connectivity index (χ0v) is 7.88. The lowest BCUT2D eigenvalue weighted by Crippen LogP contribution is -2.25. The van der Waals surface area contributed by atoms with Gasteiger partial charge in [0.15, 0.2) is 5.82 Å². The maximum absolute atomic E-state index is 10.9. The number of urea groups is 1. The highest BCUT2D eigenvalue weighted by Crippen LogP contribution is 2.07. The van der Waals surface area contributed by atoms with E-state index in [1.807, 2.05) is 13.8 Å². The summed E-state index contributed by atoms with van der Waals surface area (Å²) in [4.78, 5) is 10.9. The van der Waals surface area contributed by atoms with Gasteiger partial charge in [-0.3, -0.25) is 5.32 Å². The van der Waals surface area contributed by atoms with Gasteiger partial charge >= 0.3 is 6.03 Å². The van der Waals surface area contributed by atoms with E-state index in [1.165, 1.54) is 0 Å². The van der Waals surface area contributed by atoms with E-state index in [-0.39, 0.29) is 6.03 Å². The summed E-state index contributed by atoms with van der Waals surface area (Å²) < 4.78 is 0. The van der Waals surface area contributed by atoms with Crippen LogP contribution in [-0.4, -0.2) is 23.3 Å². The summed E-state index contributed by atoms with van der Waals surface area (Å²) in [6.45, 7) is 3.78. The molecular formula is C8H12N4O. The standard InChI is InChI=1S/C8H12N4O/c1-5-4-7(10-8(13)9-3)12-11-6(5)2/h4H,1-3H3,(H2,9,10,12,13). The van der Waals surface area contributed by atoms with Gasteiger partial charge < -0.3 is 5.32 Å². The molecule has 0 bridgehead atoms. The van der Waals surface area contributed by atoms with E-state index in [1.54, 1.807) is 13.1 Å². The van der Waals surface area contributed by atoms with Crippen LogP contribution in [0.15, 0.2) is 6.07 Å². The van der Waals surface area contributed by atoms with E-state index in [9.17, 15) is 4.79 Å². The van der Waals surface area contributed by atoms with Crippen molar-refractivity contribution in [2.45, 2.75) is 13.8 Å². The van der Waals surface area contributed by atoms with Gasteiger partial charge in [0.1, 0.15) is 0 Å². The number of amides is 2. The summed E-state index contributed by atoms with van der Waals surface area (Å²) in [6.07, 6.45) is 0. The Morgan fingerprint density at radius 2 is 2.08 bits per heavy atom. The Labute approximate surface area is 76.6 Å². The summed E-state index contributed by atoms with van der Waals surface area (Å²) in [7, 11) is 1.55. The molecule has 0 aliphatic rings. The third-order valence-electron chi connectivity index (χ3n) is 1.70. The lowest BCUT2D eigenvalue weighted by molar-refractivity contribution is 0.254. The van der Waals surface area contributed by atoms with Crippen LogP contribution in [0.5, 0.6) is 0 Å². The number of hydrogen-bond acceptors (Lipinski definition) is 3. The van der Waals surface area contributed by atoms with E-state index in [0.717, 1.165) is 11.3 Å². The highest BCUT2D eigenvalue weighted by atomic mass is 16.2. The molecule has 0 fully saturated rings. The smallest absolute Gasteiger partial charge is 0.320 e. The van der Waals surface area contributed by atoms with Crippen LogP contribution in [0, 0.1) is 13.8 Å². The van der Waals surface area contributed by atoms with Gasteiger partial charge in [-0.1, -0.05) is 0 Å². The number of rotatable bonds is 1. The zero-order valence-electron chi connectivity index (χ0n) is 7.88. The molecule has 0 saturated carbocycles. The minimum absolute atomic E-state index is 0.294. The van der Waals surface area contributed by atoms with E-state index < -0.39 is 0 Å². The largest absolute Gasteiger partial charge is 0.341 e. The Balaban J connectivity index is 2.79. The van der Waals surface area contributed by atoms with Gasteiger partial charge in [-0.25, -0.2) is 4.79 Å². The Bertz CT molecular complexity index is 324. The predicted octanol–water partition coefficient (Wildman–Crippen LogP) is 0.845. The summed E-state index contributed by atoms with van der Waals surface area (Å²) in [5.41, 5.74) is 1.86. The van der Waals surface area contributed by atoms with Crippen LogP contribution < -0.4 is 10.6 Å². The molecule has 1 heterocycles. The predicted molar refractivity (Wildman–Crippen MR) is 49.6 cm³/mol. The molecule has 2 amide bonds. The molecule has 1 aromatic heterocycles. The number of aryl methyl sites for hydroxylation is 2. The second-order valence-corrected chi connectivity index (χ2v) is 2.70. The van der Waals surface area contributed by atoms with Crippen molar-refractivity contribution in [1.82, 2.24) is 15.5 Å². The van der Waals surface area contributed by atoms with Crippen molar-refractivity contribution in [3.05, 3.63) is 17.3 Å². The van der Waals surface area contributed by atoms with E-state index in [0.29, 0.717) is 5.82 Å². The van der Waals surface area contributed by atoms with Crippen LogP contribution in [0.1, 0.15) is 11.3 Å². The lowest BCUT2D eigenvalue weighted by atomic mass is 10.2. The van der Waals surface area contributed by atoms with Crippen molar-refractivity contribution in [2.24, 2.45) is 0 Å². The molecule has 1 aromatic rings. The van der Waals surface area contributed by atoms with Crippen molar-refractivity contribution < 1.29 is 4.79 Å². The van der Waals surface area contributed by atoms with Crippen LogP contribution in [0.4, 0.5) is 10.6 Å². The molecule has 70 valence electrons. The Morgan fingerprint density at radius 3 is 2.62 bits per heavy atom. The van der Waals surface area contributed by atoms with Crippen molar-refractivity contribution in [3.8, 4) is 0 Å². The van der Waals surface area contributed by atoms with Crippen molar-refractivity contribution in [2.75, 3.05) is 12.4 Å². The molecule has 0 aliphatic heterocycles. The maximum Gasteiger partial charge on any atom is 0.320 e. The monoisotopic (exact) mass is 180 g/mol. The SMILES string of the molecule is CNC(=O)Nc1cc(C)c(C)nn1. The highest BCUT2D eigenvalue weighted by Gasteiger charge is 2.01. The first kappa shape index (κ1) is 9.44. The minimum atomic E-state index is -0.294. The first-order chi connectivity index (χ1) is 6.13. The molecule has 2 N–H and O–H groups in total. The topological polar surface area (TPSA) is 66.9 Å². The number of carbonyl (C=O) groups excluding carboxylic acids is 1. The van der Waals surface area contributed by atoms with Gasteiger partial charge in [0.2, 0.25) is 0 Å². The Morgan fingerprint density at radius 1 is 1.38 bits per heavy atom. The van der Waals surface area contributed by atoms with Crippen molar-refractivity contribution in [3.63, 3.8) is 0 Å². The van der Waals surface area contributed by atoms with Crippen LogP contribution in [0.25, 0.3) is 0 Å². The second-order valence-electron chi connectivity index (χ2n) is 2.70. The number of hydrogen-bond donors (Lipinski definition) is 2. The fourth-order valence-corrected chi connectivity index (χ4v) is 0.786. The van der Waals surface area contributed by atoms with Crippen LogP contribution in [-0.2, 0) is 0 Å².